The van der Waals surface area contributed by atoms with Gasteiger partial charge in [-0.05, 0) is 44.3 Å². The molecular formula is C18H30N2. The van der Waals surface area contributed by atoms with Gasteiger partial charge in [-0.1, -0.05) is 50.6 Å². The Morgan fingerprint density at radius 3 is 2.60 bits per heavy atom. The van der Waals surface area contributed by atoms with Gasteiger partial charge in [0.1, 0.15) is 0 Å². The van der Waals surface area contributed by atoms with Gasteiger partial charge in [0.15, 0.2) is 0 Å². The van der Waals surface area contributed by atoms with Crippen LogP contribution in [0.1, 0.15) is 51.6 Å². The summed E-state index contributed by atoms with van der Waals surface area (Å²) in [5, 5.41) is 3.65. The van der Waals surface area contributed by atoms with Crippen LogP contribution in [0.25, 0.3) is 0 Å². The van der Waals surface area contributed by atoms with Gasteiger partial charge in [0.2, 0.25) is 0 Å². The average molecular weight is 274 g/mol. The molecule has 2 rings (SSSR count). The predicted octanol–water partition coefficient (Wildman–Crippen LogP) is 3.85. The quantitative estimate of drug-likeness (QED) is 0.847. The van der Waals surface area contributed by atoms with Crippen molar-refractivity contribution in [3.8, 4) is 0 Å². The lowest BCUT2D eigenvalue weighted by molar-refractivity contribution is 0.101. The number of piperidine rings is 1. The van der Waals surface area contributed by atoms with E-state index in [0.29, 0.717) is 12.1 Å². The van der Waals surface area contributed by atoms with Gasteiger partial charge in [0, 0.05) is 18.6 Å². The molecule has 2 unspecified atom stereocenters. The molecule has 1 aromatic rings. The number of nitrogens with one attached hydrogen (secondary N) is 1. The summed E-state index contributed by atoms with van der Waals surface area (Å²) in [5.41, 5.74) is 1.45. The van der Waals surface area contributed by atoms with E-state index in [4.69, 9.17) is 0 Å². The standard InChI is InChI=1S/C18H30N2/c1-15(2)13-19-14-18-11-7-8-12-20(18)16(3)17-9-5-4-6-10-17/h4-6,9-10,15-16,18-19H,7-8,11-14H2,1-3H3. The maximum absolute atomic E-state index is 3.65. The second kappa shape index (κ2) is 7.80. The molecule has 1 saturated heterocycles. The largest absolute Gasteiger partial charge is 0.315 e. The van der Waals surface area contributed by atoms with Crippen molar-refractivity contribution >= 4 is 0 Å². The van der Waals surface area contributed by atoms with Gasteiger partial charge in [-0.15, -0.1) is 0 Å². The lowest BCUT2D eigenvalue weighted by Crippen LogP contribution is -2.47. The molecule has 0 bridgehead atoms. The normalized spacial score (nSPS) is 22.1. The lowest BCUT2D eigenvalue weighted by Gasteiger charge is -2.40. The van der Waals surface area contributed by atoms with Crippen LogP contribution in [0, 0.1) is 5.92 Å². The van der Waals surface area contributed by atoms with E-state index >= 15 is 0 Å². The van der Waals surface area contributed by atoms with Crippen molar-refractivity contribution in [2.24, 2.45) is 5.92 Å². The smallest absolute Gasteiger partial charge is 0.0323 e. The molecule has 0 radical (unpaired) electrons. The third-order valence-electron chi connectivity index (χ3n) is 4.38. The van der Waals surface area contributed by atoms with E-state index in [9.17, 15) is 0 Å². The predicted molar refractivity (Wildman–Crippen MR) is 86.9 cm³/mol. The van der Waals surface area contributed by atoms with E-state index in [0.717, 1.165) is 19.0 Å². The molecule has 0 amide bonds. The van der Waals surface area contributed by atoms with E-state index < -0.39 is 0 Å². The second-order valence-corrected chi connectivity index (χ2v) is 6.53. The van der Waals surface area contributed by atoms with E-state index in [-0.39, 0.29) is 0 Å². The first-order chi connectivity index (χ1) is 9.68. The molecule has 0 saturated carbocycles. The highest BCUT2D eigenvalue weighted by Crippen LogP contribution is 2.27. The van der Waals surface area contributed by atoms with Crippen molar-refractivity contribution in [1.82, 2.24) is 10.2 Å². The monoisotopic (exact) mass is 274 g/mol. The van der Waals surface area contributed by atoms with Crippen molar-refractivity contribution in [3.05, 3.63) is 35.9 Å². The molecule has 2 atom stereocenters. The van der Waals surface area contributed by atoms with E-state index in [2.05, 4.69) is 61.3 Å². The number of likely N-dealkylation sites (tertiary alicyclic amines) is 1. The number of benzene rings is 1. The van der Waals surface area contributed by atoms with Gasteiger partial charge in [-0.3, -0.25) is 4.90 Å². The maximum Gasteiger partial charge on any atom is 0.0323 e. The summed E-state index contributed by atoms with van der Waals surface area (Å²) < 4.78 is 0. The Hall–Kier alpha value is -0.860. The summed E-state index contributed by atoms with van der Waals surface area (Å²) in [6, 6.07) is 12.2. The van der Waals surface area contributed by atoms with Crippen molar-refractivity contribution in [2.45, 2.75) is 52.1 Å². The first-order valence-electron chi connectivity index (χ1n) is 8.20. The summed E-state index contributed by atoms with van der Waals surface area (Å²) in [6.45, 7) is 10.4. The third kappa shape index (κ3) is 4.32. The minimum atomic E-state index is 0.530. The van der Waals surface area contributed by atoms with Crippen LogP contribution in [0.5, 0.6) is 0 Å². The molecule has 0 spiro atoms. The van der Waals surface area contributed by atoms with Gasteiger partial charge < -0.3 is 5.32 Å². The number of hydrogen-bond donors (Lipinski definition) is 1. The van der Waals surface area contributed by atoms with Crippen molar-refractivity contribution in [3.63, 3.8) is 0 Å². The molecule has 20 heavy (non-hydrogen) atoms. The molecule has 1 aliphatic rings. The summed E-state index contributed by atoms with van der Waals surface area (Å²) in [5.74, 6) is 0.735. The Labute approximate surface area is 124 Å². The molecule has 0 aromatic heterocycles. The Bertz CT molecular complexity index is 374. The summed E-state index contributed by atoms with van der Waals surface area (Å²) in [4.78, 5) is 2.70. The second-order valence-electron chi connectivity index (χ2n) is 6.53. The van der Waals surface area contributed by atoms with Gasteiger partial charge in [0.05, 0.1) is 0 Å². The minimum Gasteiger partial charge on any atom is -0.315 e. The van der Waals surface area contributed by atoms with Crippen molar-refractivity contribution in [2.75, 3.05) is 19.6 Å². The van der Waals surface area contributed by atoms with E-state index in [1.165, 1.54) is 31.4 Å². The van der Waals surface area contributed by atoms with E-state index in [1.54, 1.807) is 0 Å². The van der Waals surface area contributed by atoms with Crippen LogP contribution < -0.4 is 5.32 Å². The van der Waals surface area contributed by atoms with Crippen LogP contribution in [-0.4, -0.2) is 30.6 Å². The van der Waals surface area contributed by atoms with Crippen LogP contribution in [0.4, 0.5) is 0 Å². The number of rotatable bonds is 6. The van der Waals surface area contributed by atoms with Crippen LogP contribution in [-0.2, 0) is 0 Å². The van der Waals surface area contributed by atoms with Crippen LogP contribution in [0.2, 0.25) is 0 Å². The SMILES string of the molecule is CC(C)CNCC1CCCCN1C(C)c1ccccc1. The molecule has 1 aromatic carbocycles. The zero-order valence-electron chi connectivity index (χ0n) is 13.3. The van der Waals surface area contributed by atoms with Crippen molar-refractivity contribution < 1.29 is 0 Å². The molecule has 1 heterocycles. The summed E-state index contributed by atoms with van der Waals surface area (Å²) >= 11 is 0. The fraction of sp³-hybridized carbons (Fsp3) is 0.667. The molecule has 0 aliphatic carbocycles. The number of hydrogen-bond acceptors (Lipinski definition) is 2. The molecule has 112 valence electrons. The third-order valence-corrected chi connectivity index (χ3v) is 4.38. The molecule has 2 heteroatoms. The molecule has 1 fully saturated rings. The fourth-order valence-electron chi connectivity index (χ4n) is 3.21. The fourth-order valence-corrected chi connectivity index (χ4v) is 3.21. The Balaban J connectivity index is 1.95. The average Bonchev–Trinajstić information content (AvgIpc) is 2.47. The Morgan fingerprint density at radius 2 is 1.90 bits per heavy atom. The Morgan fingerprint density at radius 1 is 1.15 bits per heavy atom. The number of nitrogens with zero attached hydrogens (tertiary/aromatic N) is 1. The highest BCUT2D eigenvalue weighted by atomic mass is 15.2. The van der Waals surface area contributed by atoms with Crippen LogP contribution >= 0.6 is 0 Å². The zero-order valence-corrected chi connectivity index (χ0v) is 13.3. The molecular weight excluding hydrogens is 244 g/mol. The Kier molecular flexibility index (Phi) is 6.06. The van der Waals surface area contributed by atoms with E-state index in [1.807, 2.05) is 0 Å². The molecule has 1 aliphatic heterocycles. The van der Waals surface area contributed by atoms with Gasteiger partial charge >= 0.3 is 0 Å². The van der Waals surface area contributed by atoms with Gasteiger partial charge in [-0.2, -0.15) is 0 Å². The van der Waals surface area contributed by atoms with Gasteiger partial charge in [-0.25, -0.2) is 0 Å². The highest BCUT2D eigenvalue weighted by Gasteiger charge is 2.26. The maximum atomic E-state index is 3.65. The summed E-state index contributed by atoms with van der Waals surface area (Å²) in [6.07, 6.45) is 4.06. The minimum absolute atomic E-state index is 0.530. The van der Waals surface area contributed by atoms with Crippen LogP contribution in [0.15, 0.2) is 30.3 Å². The van der Waals surface area contributed by atoms with Gasteiger partial charge in [0.25, 0.3) is 0 Å². The lowest BCUT2D eigenvalue weighted by atomic mass is 9.97. The first kappa shape index (κ1) is 15.5. The first-order valence-corrected chi connectivity index (χ1v) is 8.20. The topological polar surface area (TPSA) is 15.3 Å². The molecule has 1 N–H and O–H groups in total. The molecule has 2 nitrogen and oxygen atoms in total. The summed E-state index contributed by atoms with van der Waals surface area (Å²) in [7, 11) is 0. The van der Waals surface area contributed by atoms with Crippen molar-refractivity contribution in [1.29, 1.82) is 0 Å². The zero-order chi connectivity index (χ0) is 14.4. The highest BCUT2D eigenvalue weighted by molar-refractivity contribution is 5.18. The van der Waals surface area contributed by atoms with Crippen LogP contribution in [0.3, 0.4) is 0 Å².